The smallest absolute Gasteiger partial charge is 0.254 e. The molecule has 0 fully saturated rings. The van der Waals surface area contributed by atoms with Gasteiger partial charge in [0.2, 0.25) is 11.8 Å². The number of nitrogens with one attached hydrogen (secondary N) is 1. The summed E-state index contributed by atoms with van der Waals surface area (Å²) in [7, 11) is 0. The van der Waals surface area contributed by atoms with E-state index in [4.69, 9.17) is 39.2 Å². The number of carbonyl (C=O) groups is 2. The van der Waals surface area contributed by atoms with Crippen molar-refractivity contribution in [3.05, 3.63) is 63.9 Å². The van der Waals surface area contributed by atoms with Crippen LogP contribution in [-0.4, -0.2) is 31.7 Å². The number of aromatic nitrogens is 4. The van der Waals surface area contributed by atoms with Crippen LogP contribution >= 0.6 is 23.2 Å². The van der Waals surface area contributed by atoms with Crippen molar-refractivity contribution in [2.24, 2.45) is 5.73 Å². The van der Waals surface area contributed by atoms with Crippen LogP contribution in [0.5, 0.6) is 0 Å². The summed E-state index contributed by atoms with van der Waals surface area (Å²) in [5.74, 6) is -0.689. The van der Waals surface area contributed by atoms with Gasteiger partial charge in [0.15, 0.2) is 0 Å². The summed E-state index contributed by atoms with van der Waals surface area (Å²) >= 11 is 12.1. The van der Waals surface area contributed by atoms with E-state index in [0.29, 0.717) is 38.3 Å². The molecule has 12 heteroatoms. The molecule has 0 bridgehead atoms. The first-order valence-corrected chi connectivity index (χ1v) is 11.2. The van der Waals surface area contributed by atoms with E-state index in [1.165, 1.54) is 10.9 Å². The van der Waals surface area contributed by atoms with Crippen molar-refractivity contribution in [1.29, 1.82) is 0 Å². The van der Waals surface area contributed by atoms with Crippen molar-refractivity contribution < 1.29 is 14.1 Å². The van der Waals surface area contributed by atoms with Crippen molar-refractivity contribution >= 4 is 46.7 Å². The van der Waals surface area contributed by atoms with Gasteiger partial charge in [-0.15, -0.1) is 0 Å². The van der Waals surface area contributed by atoms with E-state index < -0.39 is 5.91 Å². The lowest BCUT2D eigenvalue weighted by molar-refractivity contribution is -0.115. The van der Waals surface area contributed by atoms with Crippen molar-refractivity contribution in [1.82, 2.24) is 19.9 Å². The summed E-state index contributed by atoms with van der Waals surface area (Å²) in [6.07, 6.45) is 1.49. The molecule has 2 amide bonds. The van der Waals surface area contributed by atoms with Crippen LogP contribution in [0.4, 0.5) is 11.7 Å². The summed E-state index contributed by atoms with van der Waals surface area (Å²) in [5.41, 5.74) is 14.2. The number of anilines is 2. The third-order valence-corrected chi connectivity index (χ3v) is 5.65. The molecule has 180 valence electrons. The predicted molar refractivity (Wildman–Crippen MR) is 133 cm³/mol. The Hall–Kier alpha value is -3.89. The molecule has 0 atom stereocenters. The van der Waals surface area contributed by atoms with Crippen molar-refractivity contribution in [2.75, 3.05) is 11.1 Å². The summed E-state index contributed by atoms with van der Waals surface area (Å²) in [5, 5.41) is 11.9. The Balaban J connectivity index is 1.46. The van der Waals surface area contributed by atoms with Gasteiger partial charge in [-0.3, -0.25) is 19.9 Å². The molecule has 10 nitrogen and oxygen atoms in total. The normalized spacial score (nSPS) is 11.1. The Kier molecular flexibility index (Phi) is 6.77. The maximum absolute atomic E-state index is 12.5. The second-order valence-corrected chi connectivity index (χ2v) is 8.82. The number of hydrogen-bond acceptors (Lipinski definition) is 7. The zero-order valence-corrected chi connectivity index (χ0v) is 20.3. The molecule has 1 aromatic carbocycles. The molecule has 35 heavy (non-hydrogen) atoms. The number of rotatable bonds is 7. The molecule has 5 N–H and O–H groups in total. The Morgan fingerprint density at radius 1 is 1.17 bits per heavy atom. The molecule has 0 radical (unpaired) electrons. The molecule has 0 spiro atoms. The van der Waals surface area contributed by atoms with Crippen LogP contribution < -0.4 is 16.8 Å². The second-order valence-electron chi connectivity index (χ2n) is 7.98. The van der Waals surface area contributed by atoms with Crippen LogP contribution in [0.25, 0.3) is 22.5 Å². The number of nitrogens with two attached hydrogens (primary N) is 2. The van der Waals surface area contributed by atoms with Gasteiger partial charge in [-0.2, -0.15) is 5.10 Å². The third-order valence-electron chi connectivity index (χ3n) is 5.10. The lowest BCUT2D eigenvalue weighted by Crippen LogP contribution is -2.15. The molecular formula is C23H21Cl2N7O3. The minimum Gasteiger partial charge on any atom is -0.383 e. The molecule has 0 saturated carbocycles. The summed E-state index contributed by atoms with van der Waals surface area (Å²) < 4.78 is 6.73. The number of carbonyl (C=O) groups excluding carboxylic acids is 2. The fourth-order valence-electron chi connectivity index (χ4n) is 3.46. The number of benzene rings is 1. The summed E-state index contributed by atoms with van der Waals surface area (Å²) in [6, 6.07) is 9.83. The number of primary amides is 1. The van der Waals surface area contributed by atoms with Crippen molar-refractivity contribution in [3.63, 3.8) is 0 Å². The minimum absolute atomic E-state index is 0.0245. The third kappa shape index (κ3) is 5.13. The molecule has 3 heterocycles. The monoisotopic (exact) mass is 513 g/mol. The van der Waals surface area contributed by atoms with Gasteiger partial charge >= 0.3 is 0 Å². The van der Waals surface area contributed by atoms with Crippen LogP contribution in [-0.2, 0) is 11.2 Å². The van der Waals surface area contributed by atoms with Gasteiger partial charge in [0.1, 0.15) is 22.8 Å². The Bertz CT molecular complexity index is 1410. The number of pyridine rings is 1. The van der Waals surface area contributed by atoms with Gasteiger partial charge in [0.05, 0.1) is 11.4 Å². The minimum atomic E-state index is -0.681. The van der Waals surface area contributed by atoms with Gasteiger partial charge in [-0.25, -0.2) is 4.68 Å². The molecule has 0 unspecified atom stereocenters. The predicted octanol–water partition coefficient (Wildman–Crippen LogP) is 4.35. The Morgan fingerprint density at radius 2 is 1.94 bits per heavy atom. The van der Waals surface area contributed by atoms with Crippen LogP contribution in [0.3, 0.4) is 0 Å². The molecule has 0 aliphatic carbocycles. The van der Waals surface area contributed by atoms with Gasteiger partial charge < -0.3 is 16.0 Å². The summed E-state index contributed by atoms with van der Waals surface area (Å²) in [4.78, 5) is 28.8. The lowest BCUT2D eigenvalue weighted by Gasteiger charge is -2.06. The van der Waals surface area contributed by atoms with Crippen molar-refractivity contribution in [2.45, 2.75) is 26.3 Å². The highest BCUT2D eigenvalue weighted by Gasteiger charge is 2.23. The highest BCUT2D eigenvalue weighted by molar-refractivity contribution is 6.36. The first-order valence-electron chi connectivity index (χ1n) is 10.5. The quantitative estimate of drug-likeness (QED) is 0.331. The van der Waals surface area contributed by atoms with E-state index in [0.717, 1.165) is 0 Å². The van der Waals surface area contributed by atoms with E-state index >= 15 is 0 Å². The molecule has 4 rings (SSSR count). The first-order chi connectivity index (χ1) is 16.6. The molecule has 0 aliphatic rings. The van der Waals surface area contributed by atoms with E-state index in [9.17, 15) is 9.59 Å². The topological polar surface area (TPSA) is 155 Å². The Morgan fingerprint density at radius 3 is 2.57 bits per heavy atom. The van der Waals surface area contributed by atoms with E-state index in [2.05, 4.69) is 20.6 Å². The zero-order chi connectivity index (χ0) is 25.3. The van der Waals surface area contributed by atoms with E-state index in [-0.39, 0.29) is 35.6 Å². The average Bonchev–Trinajstić information content (AvgIpc) is 3.38. The van der Waals surface area contributed by atoms with Crippen LogP contribution in [0.2, 0.25) is 10.0 Å². The first kappa shape index (κ1) is 24.2. The maximum Gasteiger partial charge on any atom is 0.254 e. The molecule has 3 aromatic heterocycles. The highest BCUT2D eigenvalue weighted by atomic mass is 35.5. The SMILES string of the molecule is CC(C)n1nc(-c2ccc(CC(=O)Nc3cc(-c4ccc(Cl)cc4Cl)no3)nc2)c(C(N)=O)c1N. The second kappa shape index (κ2) is 9.77. The standard InChI is InChI=1S/C23H21Cl2N7O3/c1-11(2)32-22(26)20(23(27)34)21(30-32)12-3-5-14(28-10-12)8-18(33)29-19-9-17(31-35-19)15-6-4-13(24)7-16(15)25/h3-7,9-11H,8,26H2,1-2H3,(H2,27,34)(H,29,33). The number of hydrogen-bond donors (Lipinski definition) is 3. The number of nitrogen functional groups attached to an aromatic ring is 1. The van der Waals surface area contributed by atoms with Gasteiger partial charge in [-0.1, -0.05) is 28.4 Å². The number of halogens is 2. The van der Waals surface area contributed by atoms with Crippen molar-refractivity contribution in [3.8, 4) is 22.5 Å². The van der Waals surface area contributed by atoms with Crippen LogP contribution in [0.1, 0.15) is 35.9 Å². The number of nitrogens with zero attached hydrogens (tertiary/aromatic N) is 4. The maximum atomic E-state index is 12.5. The molecule has 4 aromatic rings. The lowest BCUT2D eigenvalue weighted by atomic mass is 10.1. The number of amides is 2. The zero-order valence-electron chi connectivity index (χ0n) is 18.8. The fraction of sp³-hybridized carbons (Fsp3) is 0.174. The van der Waals surface area contributed by atoms with Gasteiger partial charge in [-0.05, 0) is 44.2 Å². The molecule has 0 aliphatic heterocycles. The molecular weight excluding hydrogens is 493 g/mol. The largest absolute Gasteiger partial charge is 0.383 e. The molecule has 0 saturated heterocycles. The van der Waals surface area contributed by atoms with Gasteiger partial charge in [0.25, 0.3) is 5.91 Å². The Labute approximate surface area is 210 Å². The summed E-state index contributed by atoms with van der Waals surface area (Å²) in [6.45, 7) is 3.78. The van der Waals surface area contributed by atoms with Gasteiger partial charge in [0, 0.05) is 40.1 Å². The van der Waals surface area contributed by atoms with Crippen LogP contribution in [0, 0.1) is 0 Å². The fourth-order valence-corrected chi connectivity index (χ4v) is 3.96. The average molecular weight is 514 g/mol. The van der Waals surface area contributed by atoms with E-state index in [1.54, 1.807) is 36.4 Å². The highest BCUT2D eigenvalue weighted by Crippen LogP contribution is 2.31. The van der Waals surface area contributed by atoms with Crippen LogP contribution in [0.15, 0.2) is 47.1 Å². The van der Waals surface area contributed by atoms with E-state index in [1.807, 2.05) is 13.8 Å².